The van der Waals surface area contributed by atoms with Gasteiger partial charge >= 0.3 is 5.97 Å². The molecular formula is C6H14N2O4S. The summed E-state index contributed by atoms with van der Waals surface area (Å²) in [6.07, 6.45) is -0.366. The summed E-state index contributed by atoms with van der Waals surface area (Å²) in [5.41, 5.74) is 0. The number of sulfonamides is 1. The van der Waals surface area contributed by atoms with Crippen molar-refractivity contribution in [2.24, 2.45) is 0 Å². The predicted molar refractivity (Wildman–Crippen MR) is 48.0 cm³/mol. The third kappa shape index (κ3) is 7.69. The number of nitrogens with one attached hydrogen (secondary N) is 2. The maximum Gasteiger partial charge on any atom is 0.304 e. The van der Waals surface area contributed by atoms with E-state index in [2.05, 4.69) is 10.0 Å². The predicted octanol–water partition coefficient (Wildman–Crippen LogP) is -1.40. The Morgan fingerprint density at radius 1 is 1.38 bits per heavy atom. The van der Waals surface area contributed by atoms with Crippen molar-refractivity contribution >= 4 is 16.0 Å². The topological polar surface area (TPSA) is 95.5 Å². The number of carboxylic acid groups (broad SMARTS) is 1. The Labute approximate surface area is 77.4 Å². The van der Waals surface area contributed by atoms with Gasteiger partial charge in [0, 0.05) is 13.1 Å². The summed E-state index contributed by atoms with van der Waals surface area (Å²) in [5.74, 6) is -1.48. The average Bonchev–Trinajstić information content (AvgIpc) is 2.02. The van der Waals surface area contributed by atoms with Crippen LogP contribution in [0.2, 0.25) is 0 Å². The zero-order valence-corrected chi connectivity index (χ0v) is 8.23. The maximum atomic E-state index is 11.0. The van der Waals surface area contributed by atoms with E-state index in [1.54, 1.807) is 7.05 Å². The zero-order valence-electron chi connectivity index (χ0n) is 7.41. The highest BCUT2D eigenvalue weighted by Crippen LogP contribution is 1.88. The lowest BCUT2D eigenvalue weighted by atomic mass is 10.5. The minimum absolute atomic E-state index is 0.276. The molecule has 0 amide bonds. The number of likely N-dealkylation sites (N-methyl/N-ethyl adjacent to an activating group) is 1. The smallest absolute Gasteiger partial charge is 0.304 e. The standard InChI is InChI=1S/C6H14N2O4S/c1-7-3-4-8-13(11,12)5-2-6(9)10/h7-8H,2-5H2,1H3,(H,9,10). The van der Waals surface area contributed by atoms with Crippen molar-refractivity contribution in [2.75, 3.05) is 25.9 Å². The van der Waals surface area contributed by atoms with Crippen molar-refractivity contribution in [3.8, 4) is 0 Å². The van der Waals surface area contributed by atoms with Gasteiger partial charge < -0.3 is 10.4 Å². The fourth-order valence-electron chi connectivity index (χ4n) is 0.625. The summed E-state index contributed by atoms with van der Waals surface area (Å²) in [6, 6.07) is 0. The van der Waals surface area contributed by atoms with Crippen molar-refractivity contribution in [1.82, 2.24) is 10.0 Å². The molecule has 6 nitrogen and oxygen atoms in total. The molecule has 0 atom stereocenters. The second-order valence-corrected chi connectivity index (χ2v) is 4.39. The highest BCUT2D eigenvalue weighted by molar-refractivity contribution is 7.89. The highest BCUT2D eigenvalue weighted by atomic mass is 32.2. The van der Waals surface area contributed by atoms with Crippen LogP contribution in [0.25, 0.3) is 0 Å². The number of aliphatic carboxylic acids is 1. The fourth-order valence-corrected chi connectivity index (χ4v) is 1.63. The normalized spacial score (nSPS) is 11.5. The molecule has 0 saturated carbocycles. The van der Waals surface area contributed by atoms with Crippen molar-refractivity contribution in [1.29, 1.82) is 0 Å². The van der Waals surface area contributed by atoms with Gasteiger partial charge in [0.05, 0.1) is 12.2 Å². The first kappa shape index (κ1) is 12.3. The number of rotatable bonds is 7. The Hall–Kier alpha value is -0.660. The molecule has 0 bridgehead atoms. The van der Waals surface area contributed by atoms with E-state index >= 15 is 0 Å². The van der Waals surface area contributed by atoms with Crippen molar-refractivity contribution in [3.63, 3.8) is 0 Å². The number of carboxylic acids is 1. The van der Waals surface area contributed by atoms with E-state index in [1.165, 1.54) is 0 Å². The van der Waals surface area contributed by atoms with E-state index in [-0.39, 0.29) is 18.7 Å². The van der Waals surface area contributed by atoms with Gasteiger partial charge in [0.1, 0.15) is 0 Å². The van der Waals surface area contributed by atoms with Crippen LogP contribution in [0.1, 0.15) is 6.42 Å². The largest absolute Gasteiger partial charge is 0.481 e. The summed E-state index contributed by atoms with van der Waals surface area (Å²) in [6.45, 7) is 0.796. The maximum absolute atomic E-state index is 11.0. The molecule has 0 rings (SSSR count). The molecule has 0 aliphatic carbocycles. The first-order valence-corrected chi connectivity index (χ1v) is 5.47. The molecule has 0 aromatic rings. The SMILES string of the molecule is CNCCNS(=O)(=O)CCC(=O)O. The number of hydrogen-bond donors (Lipinski definition) is 3. The Morgan fingerprint density at radius 2 is 2.00 bits per heavy atom. The summed E-state index contributed by atoms with van der Waals surface area (Å²) < 4.78 is 24.3. The van der Waals surface area contributed by atoms with E-state index in [0.29, 0.717) is 6.54 Å². The van der Waals surface area contributed by atoms with Crippen LogP contribution in [-0.2, 0) is 14.8 Å². The second kappa shape index (κ2) is 5.90. The Bertz CT molecular complexity index is 249. The minimum Gasteiger partial charge on any atom is -0.481 e. The number of carbonyl (C=O) groups is 1. The van der Waals surface area contributed by atoms with Gasteiger partial charge in [-0.15, -0.1) is 0 Å². The first-order chi connectivity index (χ1) is 5.98. The zero-order chi connectivity index (χ0) is 10.3. The van der Waals surface area contributed by atoms with E-state index in [1.807, 2.05) is 0 Å². The molecule has 0 heterocycles. The molecule has 3 N–H and O–H groups in total. The van der Waals surface area contributed by atoms with Crippen LogP contribution in [0.15, 0.2) is 0 Å². The van der Waals surface area contributed by atoms with Crippen LogP contribution in [0.4, 0.5) is 0 Å². The van der Waals surface area contributed by atoms with Gasteiger partial charge in [-0.2, -0.15) is 0 Å². The van der Waals surface area contributed by atoms with Crippen molar-refractivity contribution < 1.29 is 18.3 Å². The van der Waals surface area contributed by atoms with Gasteiger partial charge in [-0.05, 0) is 7.05 Å². The quantitative estimate of drug-likeness (QED) is 0.449. The summed E-state index contributed by atoms with van der Waals surface area (Å²) in [4.78, 5) is 10.1. The average molecular weight is 210 g/mol. The molecule has 13 heavy (non-hydrogen) atoms. The van der Waals surface area contributed by atoms with Gasteiger partial charge in [-0.1, -0.05) is 0 Å². The monoisotopic (exact) mass is 210 g/mol. The molecule has 0 spiro atoms. The first-order valence-electron chi connectivity index (χ1n) is 3.81. The van der Waals surface area contributed by atoms with E-state index in [9.17, 15) is 13.2 Å². The Balaban J connectivity index is 3.74. The number of hydrogen-bond acceptors (Lipinski definition) is 4. The Kier molecular flexibility index (Phi) is 5.60. The van der Waals surface area contributed by atoms with Gasteiger partial charge in [-0.25, -0.2) is 13.1 Å². The molecule has 78 valence electrons. The van der Waals surface area contributed by atoms with Crippen molar-refractivity contribution in [2.45, 2.75) is 6.42 Å². The molecule has 0 fully saturated rings. The van der Waals surface area contributed by atoms with Crippen LogP contribution >= 0.6 is 0 Å². The molecule has 0 aromatic heterocycles. The molecule has 0 aliphatic heterocycles. The lowest BCUT2D eigenvalue weighted by Gasteiger charge is -2.04. The van der Waals surface area contributed by atoms with Crippen LogP contribution < -0.4 is 10.0 Å². The lowest BCUT2D eigenvalue weighted by molar-refractivity contribution is -0.136. The molecular weight excluding hydrogens is 196 g/mol. The molecule has 7 heteroatoms. The minimum atomic E-state index is -3.42. The van der Waals surface area contributed by atoms with Gasteiger partial charge in [0.25, 0.3) is 0 Å². The third-order valence-corrected chi connectivity index (χ3v) is 2.67. The Morgan fingerprint density at radius 3 is 2.46 bits per heavy atom. The summed E-state index contributed by atoms with van der Waals surface area (Å²) >= 11 is 0. The van der Waals surface area contributed by atoms with Crippen LogP contribution in [0.3, 0.4) is 0 Å². The summed E-state index contributed by atoms with van der Waals surface area (Å²) in [5, 5.41) is 11.0. The van der Waals surface area contributed by atoms with Gasteiger partial charge in [0.2, 0.25) is 10.0 Å². The highest BCUT2D eigenvalue weighted by Gasteiger charge is 2.11. The second-order valence-electron chi connectivity index (χ2n) is 2.46. The van der Waals surface area contributed by atoms with Gasteiger partial charge in [-0.3, -0.25) is 4.79 Å². The molecule has 0 aliphatic rings. The fraction of sp³-hybridized carbons (Fsp3) is 0.833. The lowest BCUT2D eigenvalue weighted by Crippen LogP contribution is -2.32. The van der Waals surface area contributed by atoms with Crippen LogP contribution in [0, 0.1) is 0 Å². The van der Waals surface area contributed by atoms with Gasteiger partial charge in [0.15, 0.2) is 0 Å². The van der Waals surface area contributed by atoms with E-state index < -0.39 is 16.0 Å². The van der Waals surface area contributed by atoms with E-state index in [4.69, 9.17) is 5.11 Å². The molecule has 0 unspecified atom stereocenters. The van der Waals surface area contributed by atoms with Crippen LogP contribution in [-0.4, -0.2) is 45.4 Å². The summed E-state index contributed by atoms with van der Waals surface area (Å²) in [7, 11) is -1.72. The molecule has 0 radical (unpaired) electrons. The molecule has 0 saturated heterocycles. The van der Waals surface area contributed by atoms with Crippen molar-refractivity contribution in [3.05, 3.63) is 0 Å². The molecule has 0 aromatic carbocycles. The third-order valence-electron chi connectivity index (χ3n) is 1.28. The van der Waals surface area contributed by atoms with Crippen LogP contribution in [0.5, 0.6) is 0 Å². The van der Waals surface area contributed by atoms with E-state index in [0.717, 1.165) is 0 Å².